The molecule has 1 aromatic rings. The number of aryl methyl sites for hydroxylation is 1. The molecule has 1 saturated carbocycles. The monoisotopic (exact) mass is 247 g/mol. The molecule has 3 nitrogen and oxygen atoms in total. The molecular formula is C15H25N3. The number of nitrogens with zero attached hydrogens (tertiary/aromatic N) is 1. The molecule has 0 bridgehead atoms. The first-order valence-corrected chi connectivity index (χ1v) is 7.59. The van der Waals surface area contributed by atoms with Gasteiger partial charge in [-0.25, -0.2) is 4.98 Å². The lowest BCUT2D eigenvalue weighted by molar-refractivity contribution is 0.435. The van der Waals surface area contributed by atoms with Crippen LogP contribution in [0.2, 0.25) is 0 Å². The van der Waals surface area contributed by atoms with Crippen LogP contribution in [0, 0.1) is 12.8 Å². The van der Waals surface area contributed by atoms with Gasteiger partial charge in [0.2, 0.25) is 0 Å². The fraction of sp³-hybridized carbons (Fsp3) is 0.800. The van der Waals surface area contributed by atoms with E-state index in [2.05, 4.69) is 17.2 Å². The highest BCUT2D eigenvalue weighted by atomic mass is 15.0. The summed E-state index contributed by atoms with van der Waals surface area (Å²) in [6.45, 7) is 4.55. The SMILES string of the molecule is Cc1[nH]c(CC2CCNC2)nc1C1CCCCC1. The Morgan fingerprint density at radius 2 is 2.00 bits per heavy atom. The zero-order valence-electron chi connectivity index (χ0n) is 11.5. The minimum atomic E-state index is 0.727. The van der Waals surface area contributed by atoms with E-state index < -0.39 is 0 Å². The molecule has 1 saturated heterocycles. The van der Waals surface area contributed by atoms with Gasteiger partial charge in [0, 0.05) is 18.0 Å². The van der Waals surface area contributed by atoms with Gasteiger partial charge in [-0.1, -0.05) is 19.3 Å². The predicted molar refractivity (Wildman–Crippen MR) is 73.8 cm³/mol. The van der Waals surface area contributed by atoms with Crippen LogP contribution in [0.15, 0.2) is 0 Å². The molecule has 2 N–H and O–H groups in total. The van der Waals surface area contributed by atoms with Gasteiger partial charge in [-0.2, -0.15) is 0 Å². The Kier molecular flexibility index (Phi) is 3.69. The van der Waals surface area contributed by atoms with Gasteiger partial charge in [0.05, 0.1) is 5.69 Å². The van der Waals surface area contributed by atoms with Crippen molar-refractivity contribution in [3.8, 4) is 0 Å². The van der Waals surface area contributed by atoms with Crippen LogP contribution < -0.4 is 5.32 Å². The van der Waals surface area contributed by atoms with E-state index in [1.807, 2.05) is 0 Å². The van der Waals surface area contributed by atoms with Crippen molar-refractivity contribution >= 4 is 0 Å². The van der Waals surface area contributed by atoms with E-state index in [-0.39, 0.29) is 0 Å². The Bertz CT molecular complexity index is 384. The first kappa shape index (κ1) is 12.2. The number of aromatic amines is 1. The maximum atomic E-state index is 4.91. The molecule has 0 aromatic carbocycles. The average Bonchev–Trinajstić information content (AvgIpc) is 3.01. The normalized spacial score (nSPS) is 25.7. The average molecular weight is 247 g/mol. The minimum absolute atomic E-state index is 0.727. The molecule has 2 heterocycles. The van der Waals surface area contributed by atoms with Crippen molar-refractivity contribution in [2.75, 3.05) is 13.1 Å². The molecule has 3 heteroatoms. The number of H-pyrrole nitrogens is 1. The van der Waals surface area contributed by atoms with E-state index in [1.54, 1.807) is 0 Å². The van der Waals surface area contributed by atoms with Crippen LogP contribution in [0.1, 0.15) is 61.7 Å². The van der Waals surface area contributed by atoms with Crippen molar-refractivity contribution in [3.63, 3.8) is 0 Å². The fourth-order valence-electron chi connectivity index (χ4n) is 3.57. The number of hydrogen-bond donors (Lipinski definition) is 2. The van der Waals surface area contributed by atoms with Gasteiger partial charge in [0.15, 0.2) is 0 Å². The molecule has 0 radical (unpaired) electrons. The van der Waals surface area contributed by atoms with E-state index in [0.717, 1.165) is 18.3 Å². The van der Waals surface area contributed by atoms with Crippen LogP contribution in [-0.2, 0) is 6.42 Å². The number of imidazole rings is 1. The third-order valence-corrected chi connectivity index (χ3v) is 4.61. The van der Waals surface area contributed by atoms with Crippen molar-refractivity contribution < 1.29 is 0 Å². The molecule has 1 atom stereocenters. The van der Waals surface area contributed by atoms with E-state index in [9.17, 15) is 0 Å². The van der Waals surface area contributed by atoms with Crippen molar-refractivity contribution in [1.29, 1.82) is 0 Å². The fourth-order valence-corrected chi connectivity index (χ4v) is 3.57. The summed E-state index contributed by atoms with van der Waals surface area (Å²) < 4.78 is 0. The number of nitrogens with one attached hydrogen (secondary N) is 2. The van der Waals surface area contributed by atoms with Gasteiger partial charge in [0.1, 0.15) is 5.82 Å². The minimum Gasteiger partial charge on any atom is -0.346 e. The second-order valence-corrected chi connectivity index (χ2v) is 6.09. The highest BCUT2D eigenvalue weighted by Crippen LogP contribution is 2.33. The van der Waals surface area contributed by atoms with Crippen molar-refractivity contribution in [3.05, 3.63) is 17.2 Å². The van der Waals surface area contributed by atoms with E-state index in [4.69, 9.17) is 4.98 Å². The van der Waals surface area contributed by atoms with E-state index >= 15 is 0 Å². The van der Waals surface area contributed by atoms with Crippen LogP contribution in [0.4, 0.5) is 0 Å². The first-order valence-electron chi connectivity index (χ1n) is 7.59. The van der Waals surface area contributed by atoms with Crippen LogP contribution in [0.3, 0.4) is 0 Å². The molecule has 1 aromatic heterocycles. The lowest BCUT2D eigenvalue weighted by Gasteiger charge is -2.20. The first-order chi connectivity index (χ1) is 8.83. The maximum absolute atomic E-state index is 4.91. The predicted octanol–water partition coefficient (Wildman–Crippen LogP) is 2.92. The molecule has 0 spiro atoms. The summed E-state index contributed by atoms with van der Waals surface area (Å²) in [5.41, 5.74) is 2.69. The zero-order chi connectivity index (χ0) is 12.4. The summed E-state index contributed by atoms with van der Waals surface area (Å²) in [7, 11) is 0. The van der Waals surface area contributed by atoms with Gasteiger partial charge in [0.25, 0.3) is 0 Å². The Labute approximate surface area is 110 Å². The second-order valence-electron chi connectivity index (χ2n) is 6.09. The Hall–Kier alpha value is -0.830. The molecule has 18 heavy (non-hydrogen) atoms. The Morgan fingerprint density at radius 3 is 2.72 bits per heavy atom. The molecule has 2 fully saturated rings. The molecule has 3 rings (SSSR count). The van der Waals surface area contributed by atoms with Crippen molar-refractivity contribution in [2.45, 2.75) is 57.8 Å². The van der Waals surface area contributed by atoms with E-state index in [1.165, 1.54) is 68.8 Å². The Morgan fingerprint density at radius 1 is 1.17 bits per heavy atom. The molecule has 0 amide bonds. The summed E-state index contributed by atoms with van der Waals surface area (Å²) in [6, 6.07) is 0. The molecular weight excluding hydrogens is 222 g/mol. The van der Waals surface area contributed by atoms with Crippen LogP contribution >= 0.6 is 0 Å². The number of hydrogen-bond acceptors (Lipinski definition) is 2. The molecule has 1 aliphatic carbocycles. The van der Waals surface area contributed by atoms with Gasteiger partial charge in [-0.05, 0) is 45.2 Å². The highest BCUT2D eigenvalue weighted by molar-refractivity contribution is 5.18. The third-order valence-electron chi connectivity index (χ3n) is 4.61. The summed E-state index contributed by atoms with van der Waals surface area (Å²) in [4.78, 5) is 8.44. The standard InChI is InChI=1S/C15H25N3/c1-11-15(13-5-3-2-4-6-13)18-14(17-11)9-12-7-8-16-10-12/h12-13,16H,2-10H2,1H3,(H,17,18). The van der Waals surface area contributed by atoms with Gasteiger partial charge >= 0.3 is 0 Å². The zero-order valence-corrected chi connectivity index (χ0v) is 11.5. The summed E-state index contributed by atoms with van der Waals surface area (Å²) in [5.74, 6) is 2.74. The topological polar surface area (TPSA) is 40.7 Å². The number of rotatable bonds is 3. The second kappa shape index (κ2) is 5.43. The summed E-state index contributed by atoms with van der Waals surface area (Å²) in [5, 5.41) is 3.44. The Balaban J connectivity index is 1.69. The van der Waals surface area contributed by atoms with Crippen LogP contribution in [0.5, 0.6) is 0 Å². The van der Waals surface area contributed by atoms with Gasteiger partial charge in [-0.15, -0.1) is 0 Å². The smallest absolute Gasteiger partial charge is 0.106 e. The molecule has 1 aliphatic heterocycles. The molecule has 1 unspecified atom stereocenters. The summed E-state index contributed by atoms with van der Waals surface area (Å²) in [6.07, 6.45) is 9.31. The highest BCUT2D eigenvalue weighted by Gasteiger charge is 2.22. The summed E-state index contributed by atoms with van der Waals surface area (Å²) >= 11 is 0. The quantitative estimate of drug-likeness (QED) is 0.862. The van der Waals surface area contributed by atoms with Gasteiger partial charge in [-0.3, -0.25) is 0 Å². The maximum Gasteiger partial charge on any atom is 0.106 e. The third kappa shape index (κ3) is 2.61. The van der Waals surface area contributed by atoms with Crippen LogP contribution in [-0.4, -0.2) is 23.1 Å². The molecule has 2 aliphatic rings. The van der Waals surface area contributed by atoms with E-state index in [0.29, 0.717) is 0 Å². The number of aromatic nitrogens is 2. The lowest BCUT2D eigenvalue weighted by Crippen LogP contribution is -2.11. The van der Waals surface area contributed by atoms with Crippen molar-refractivity contribution in [1.82, 2.24) is 15.3 Å². The largest absolute Gasteiger partial charge is 0.346 e. The molecule has 100 valence electrons. The van der Waals surface area contributed by atoms with Crippen LogP contribution in [0.25, 0.3) is 0 Å². The van der Waals surface area contributed by atoms with Gasteiger partial charge < -0.3 is 10.3 Å². The lowest BCUT2D eigenvalue weighted by atomic mass is 9.86. The van der Waals surface area contributed by atoms with Crippen molar-refractivity contribution in [2.24, 2.45) is 5.92 Å².